The fourth-order valence-corrected chi connectivity index (χ4v) is 2.80. The summed E-state index contributed by atoms with van der Waals surface area (Å²) in [5, 5.41) is 9.01. The van der Waals surface area contributed by atoms with E-state index in [0.29, 0.717) is 28.3 Å². The molecular formula is C24H21NO5. The number of carbonyl (C=O) groups is 2. The largest absolute Gasteiger partial charge is 0.493 e. The summed E-state index contributed by atoms with van der Waals surface area (Å²) in [7, 11) is 1.56. The number of hydrogen-bond donors (Lipinski definition) is 1. The van der Waals surface area contributed by atoms with Gasteiger partial charge in [0.2, 0.25) is 0 Å². The van der Waals surface area contributed by atoms with Crippen molar-refractivity contribution in [1.29, 1.82) is 0 Å². The van der Waals surface area contributed by atoms with Crippen LogP contribution < -0.4 is 9.47 Å². The molecule has 6 heteroatoms. The molecule has 0 bridgehead atoms. The first kappa shape index (κ1) is 20.8. The van der Waals surface area contributed by atoms with Gasteiger partial charge in [-0.2, -0.15) is 0 Å². The lowest BCUT2D eigenvalue weighted by atomic mass is 10.1. The number of ether oxygens (including phenoxy) is 2. The van der Waals surface area contributed by atoms with Crippen LogP contribution in [0.3, 0.4) is 0 Å². The second-order valence-corrected chi connectivity index (χ2v) is 6.53. The van der Waals surface area contributed by atoms with Crippen LogP contribution in [-0.4, -0.2) is 30.2 Å². The summed E-state index contributed by atoms with van der Waals surface area (Å²) in [5.41, 5.74) is 3.00. The summed E-state index contributed by atoms with van der Waals surface area (Å²) >= 11 is 0. The lowest BCUT2D eigenvalue weighted by Gasteiger charge is -2.13. The summed E-state index contributed by atoms with van der Waals surface area (Å²) in [6.45, 7) is 1.75. The standard InChI is InChI=1S/C24H21NO5/c1-16(26)19-5-3-7-21(13-19)25-14-20-6-4-8-22(29-2)23(20)30-15-17-9-11-18(12-10-17)24(27)28/h3-14H,15H2,1-2H3,(H,27,28). The Morgan fingerprint density at radius 3 is 2.40 bits per heavy atom. The number of carbonyl (C=O) groups excluding carboxylic acids is 1. The monoisotopic (exact) mass is 403 g/mol. The van der Waals surface area contributed by atoms with E-state index in [9.17, 15) is 9.59 Å². The van der Waals surface area contributed by atoms with Gasteiger partial charge in [0.1, 0.15) is 6.61 Å². The summed E-state index contributed by atoms with van der Waals surface area (Å²) in [4.78, 5) is 27.0. The number of nitrogens with zero attached hydrogens (tertiary/aromatic N) is 1. The summed E-state index contributed by atoms with van der Waals surface area (Å²) < 4.78 is 11.4. The van der Waals surface area contributed by atoms with E-state index in [1.165, 1.54) is 19.1 Å². The second-order valence-electron chi connectivity index (χ2n) is 6.53. The van der Waals surface area contributed by atoms with E-state index in [1.807, 2.05) is 18.2 Å². The lowest BCUT2D eigenvalue weighted by Crippen LogP contribution is -2.02. The molecule has 0 heterocycles. The third-order valence-corrected chi connectivity index (χ3v) is 4.42. The van der Waals surface area contributed by atoms with Crippen LogP contribution in [0.4, 0.5) is 5.69 Å². The first-order chi connectivity index (χ1) is 14.5. The van der Waals surface area contributed by atoms with E-state index in [2.05, 4.69) is 4.99 Å². The molecule has 0 radical (unpaired) electrons. The van der Waals surface area contributed by atoms with Gasteiger partial charge in [-0.15, -0.1) is 0 Å². The van der Waals surface area contributed by atoms with E-state index in [1.54, 1.807) is 49.7 Å². The lowest BCUT2D eigenvalue weighted by molar-refractivity contribution is 0.0696. The van der Waals surface area contributed by atoms with E-state index in [0.717, 1.165) is 5.56 Å². The van der Waals surface area contributed by atoms with Crippen LogP contribution in [0.2, 0.25) is 0 Å². The van der Waals surface area contributed by atoms with Crippen LogP contribution in [0.25, 0.3) is 0 Å². The number of rotatable bonds is 8. The summed E-state index contributed by atoms with van der Waals surface area (Å²) in [6.07, 6.45) is 1.66. The molecule has 6 nitrogen and oxygen atoms in total. The van der Waals surface area contributed by atoms with Gasteiger partial charge in [0.25, 0.3) is 0 Å². The number of para-hydroxylation sites is 1. The van der Waals surface area contributed by atoms with Crippen LogP contribution in [0.5, 0.6) is 11.5 Å². The van der Waals surface area contributed by atoms with Crippen LogP contribution in [0, 0.1) is 0 Å². The fourth-order valence-electron chi connectivity index (χ4n) is 2.80. The van der Waals surface area contributed by atoms with Gasteiger partial charge in [0.05, 0.1) is 18.4 Å². The zero-order chi connectivity index (χ0) is 21.5. The molecule has 30 heavy (non-hydrogen) atoms. The molecule has 0 fully saturated rings. The van der Waals surface area contributed by atoms with Gasteiger partial charge in [-0.1, -0.05) is 30.3 Å². The fraction of sp³-hybridized carbons (Fsp3) is 0.125. The molecular weight excluding hydrogens is 382 g/mol. The van der Waals surface area contributed by atoms with Crippen LogP contribution >= 0.6 is 0 Å². The van der Waals surface area contributed by atoms with Gasteiger partial charge in [0, 0.05) is 17.3 Å². The van der Waals surface area contributed by atoms with E-state index >= 15 is 0 Å². The molecule has 0 aliphatic heterocycles. The van der Waals surface area contributed by atoms with Crippen LogP contribution in [0.1, 0.15) is 38.8 Å². The normalized spacial score (nSPS) is 10.7. The van der Waals surface area contributed by atoms with Crippen molar-refractivity contribution in [3.8, 4) is 11.5 Å². The van der Waals surface area contributed by atoms with Crippen LogP contribution in [0.15, 0.2) is 71.7 Å². The molecule has 0 aromatic heterocycles. The maximum absolute atomic E-state index is 11.6. The van der Waals surface area contributed by atoms with Crippen molar-refractivity contribution in [2.24, 2.45) is 4.99 Å². The first-order valence-electron chi connectivity index (χ1n) is 9.25. The molecule has 0 unspecified atom stereocenters. The number of benzene rings is 3. The highest BCUT2D eigenvalue weighted by Gasteiger charge is 2.10. The highest BCUT2D eigenvalue weighted by Crippen LogP contribution is 2.31. The number of ketones is 1. The molecule has 152 valence electrons. The van der Waals surface area contributed by atoms with Crippen LogP contribution in [-0.2, 0) is 6.61 Å². The predicted octanol–water partition coefficient (Wildman–Crippen LogP) is 4.93. The maximum Gasteiger partial charge on any atom is 0.335 e. The van der Waals surface area contributed by atoms with Crippen molar-refractivity contribution in [2.45, 2.75) is 13.5 Å². The second kappa shape index (κ2) is 9.52. The van der Waals surface area contributed by atoms with E-state index < -0.39 is 5.97 Å². The Labute approximate surface area is 174 Å². The maximum atomic E-state index is 11.6. The van der Waals surface area contributed by atoms with E-state index in [-0.39, 0.29) is 18.0 Å². The van der Waals surface area contributed by atoms with Gasteiger partial charge in [-0.05, 0) is 48.9 Å². The Hall–Kier alpha value is -3.93. The average molecular weight is 403 g/mol. The zero-order valence-corrected chi connectivity index (χ0v) is 16.7. The molecule has 0 amide bonds. The zero-order valence-electron chi connectivity index (χ0n) is 16.7. The Kier molecular flexibility index (Phi) is 6.60. The third kappa shape index (κ3) is 5.11. The Bertz CT molecular complexity index is 1090. The highest BCUT2D eigenvalue weighted by molar-refractivity contribution is 5.95. The molecule has 3 aromatic rings. The quantitative estimate of drug-likeness (QED) is 0.426. The van der Waals surface area contributed by atoms with Crippen molar-refractivity contribution in [2.75, 3.05) is 7.11 Å². The predicted molar refractivity (Wildman–Crippen MR) is 114 cm³/mol. The molecule has 0 spiro atoms. The Morgan fingerprint density at radius 1 is 1.00 bits per heavy atom. The van der Waals surface area contributed by atoms with Gasteiger partial charge >= 0.3 is 5.97 Å². The van der Waals surface area contributed by atoms with Gasteiger partial charge in [-0.3, -0.25) is 9.79 Å². The highest BCUT2D eigenvalue weighted by atomic mass is 16.5. The minimum atomic E-state index is -0.973. The number of carboxylic acids is 1. The number of aliphatic imine (C=N–C) groups is 1. The Morgan fingerprint density at radius 2 is 1.73 bits per heavy atom. The minimum absolute atomic E-state index is 0.0219. The van der Waals surface area contributed by atoms with Crippen molar-refractivity contribution >= 4 is 23.7 Å². The molecule has 0 aliphatic carbocycles. The average Bonchev–Trinajstić information content (AvgIpc) is 2.76. The molecule has 0 saturated heterocycles. The third-order valence-electron chi connectivity index (χ3n) is 4.42. The number of hydrogen-bond acceptors (Lipinski definition) is 5. The number of methoxy groups -OCH3 is 1. The van der Waals surface area contributed by atoms with Gasteiger partial charge in [-0.25, -0.2) is 4.79 Å². The van der Waals surface area contributed by atoms with Crippen molar-refractivity contribution in [1.82, 2.24) is 0 Å². The number of Topliss-reactive ketones (excluding diaryl/α,β-unsaturated/α-hetero) is 1. The van der Waals surface area contributed by atoms with Gasteiger partial charge < -0.3 is 14.6 Å². The summed E-state index contributed by atoms with van der Waals surface area (Å²) in [6, 6.07) is 19.0. The molecule has 3 rings (SSSR count). The SMILES string of the molecule is COc1cccc(C=Nc2cccc(C(C)=O)c2)c1OCc1ccc(C(=O)O)cc1. The smallest absolute Gasteiger partial charge is 0.335 e. The number of aromatic carboxylic acids is 1. The molecule has 0 saturated carbocycles. The molecule has 0 aliphatic rings. The van der Waals surface area contributed by atoms with Crippen molar-refractivity contribution in [3.05, 3.63) is 89.0 Å². The molecule has 3 aromatic carbocycles. The van der Waals surface area contributed by atoms with E-state index in [4.69, 9.17) is 14.6 Å². The molecule has 1 N–H and O–H groups in total. The first-order valence-corrected chi connectivity index (χ1v) is 9.25. The molecule has 0 atom stereocenters. The van der Waals surface area contributed by atoms with Gasteiger partial charge in [0.15, 0.2) is 17.3 Å². The Balaban J connectivity index is 1.83. The minimum Gasteiger partial charge on any atom is -0.493 e. The van der Waals surface area contributed by atoms with Crippen molar-refractivity contribution < 1.29 is 24.2 Å². The number of carboxylic acid groups (broad SMARTS) is 1. The topological polar surface area (TPSA) is 85.2 Å². The van der Waals surface area contributed by atoms with Crippen molar-refractivity contribution in [3.63, 3.8) is 0 Å². The summed E-state index contributed by atoms with van der Waals surface area (Å²) in [5.74, 6) is 0.0817.